The Morgan fingerprint density at radius 2 is 2.23 bits per heavy atom. The second-order valence-corrected chi connectivity index (χ2v) is 4.64. The van der Waals surface area contributed by atoms with E-state index in [1.807, 2.05) is 0 Å². The van der Waals surface area contributed by atoms with Crippen molar-refractivity contribution in [1.82, 2.24) is 0 Å². The molecule has 0 saturated carbocycles. The van der Waals surface area contributed by atoms with Crippen molar-refractivity contribution >= 4 is 27.2 Å². The molecule has 1 aromatic rings. The van der Waals surface area contributed by atoms with Crippen LogP contribution in [0.4, 0.5) is 0 Å². The highest BCUT2D eigenvalue weighted by Crippen LogP contribution is 2.19. The van der Waals surface area contributed by atoms with Gasteiger partial charge in [0.05, 0.1) is 10.6 Å². The van der Waals surface area contributed by atoms with Crippen LogP contribution in [0, 0.1) is 0 Å². The van der Waals surface area contributed by atoms with Gasteiger partial charge in [0.25, 0.3) is 10.1 Å². The monoisotopic (exact) mass is 221 g/mol. The van der Waals surface area contributed by atoms with Crippen molar-refractivity contribution in [2.45, 2.75) is 11.8 Å². The third-order valence-electron chi connectivity index (χ3n) is 1.38. The van der Waals surface area contributed by atoms with Crippen LogP contribution in [-0.4, -0.2) is 23.9 Å². The molecular weight excluding hydrogens is 214 g/mol. The summed E-state index contributed by atoms with van der Waals surface area (Å²) in [5.74, 6) is 0. The molecule has 7 heteroatoms. The summed E-state index contributed by atoms with van der Waals surface area (Å²) in [5, 5.41) is 12.6. The highest BCUT2D eigenvalue weighted by Gasteiger charge is 2.13. The van der Waals surface area contributed by atoms with Crippen LogP contribution < -0.4 is 0 Å². The van der Waals surface area contributed by atoms with E-state index >= 15 is 0 Å². The van der Waals surface area contributed by atoms with Gasteiger partial charge in [0, 0.05) is 5.38 Å². The Hall–Kier alpha value is -0.920. The third-order valence-corrected chi connectivity index (χ3v) is 3.40. The first kappa shape index (κ1) is 10.2. The van der Waals surface area contributed by atoms with E-state index in [9.17, 15) is 8.42 Å². The van der Waals surface area contributed by atoms with E-state index in [0.717, 1.165) is 11.3 Å². The number of thiophene rings is 1. The maximum atomic E-state index is 10.6. The molecule has 0 unspecified atom stereocenters. The maximum Gasteiger partial charge on any atom is 0.295 e. The zero-order valence-corrected chi connectivity index (χ0v) is 8.26. The second kappa shape index (κ2) is 3.44. The van der Waals surface area contributed by atoms with Gasteiger partial charge in [-0.2, -0.15) is 8.42 Å². The predicted molar refractivity (Wildman–Crippen MR) is 48.1 cm³/mol. The zero-order chi connectivity index (χ0) is 10.1. The molecule has 0 atom stereocenters. The lowest BCUT2D eigenvalue weighted by Gasteiger charge is -1.89. The van der Waals surface area contributed by atoms with Crippen molar-refractivity contribution in [3.05, 3.63) is 16.3 Å². The Kier molecular flexibility index (Phi) is 2.69. The molecule has 0 aliphatic heterocycles. The van der Waals surface area contributed by atoms with Gasteiger partial charge in [-0.05, 0) is 13.0 Å². The molecule has 5 nitrogen and oxygen atoms in total. The molecule has 0 radical (unpaired) electrons. The zero-order valence-electron chi connectivity index (χ0n) is 6.63. The van der Waals surface area contributed by atoms with Gasteiger partial charge in [0.1, 0.15) is 4.90 Å². The molecular formula is C6H7NO4S2. The highest BCUT2D eigenvalue weighted by molar-refractivity contribution is 7.86. The first-order valence-electron chi connectivity index (χ1n) is 3.20. The van der Waals surface area contributed by atoms with Crippen LogP contribution in [0.3, 0.4) is 0 Å². The van der Waals surface area contributed by atoms with E-state index < -0.39 is 10.1 Å². The van der Waals surface area contributed by atoms with Crippen LogP contribution in [0.5, 0.6) is 0 Å². The number of nitrogens with zero attached hydrogens (tertiary/aromatic N) is 1. The van der Waals surface area contributed by atoms with Gasteiger partial charge in [-0.3, -0.25) is 4.55 Å². The molecule has 72 valence electrons. The summed E-state index contributed by atoms with van der Waals surface area (Å²) >= 11 is 1.08. The van der Waals surface area contributed by atoms with Gasteiger partial charge in [-0.25, -0.2) is 0 Å². The largest absolute Gasteiger partial charge is 0.411 e. The molecule has 0 saturated heterocycles. The number of hydrogen-bond donors (Lipinski definition) is 2. The van der Waals surface area contributed by atoms with Crippen molar-refractivity contribution in [3.63, 3.8) is 0 Å². The first-order valence-corrected chi connectivity index (χ1v) is 5.52. The predicted octanol–water partition coefficient (Wildman–Crippen LogP) is 1.19. The maximum absolute atomic E-state index is 10.6. The standard InChI is InChI=1S/C6H7NO4S2/c1-4(7-8)6-2-5(3-12-6)13(9,10)11/h2-3,8H,1H3,(H,9,10,11). The van der Waals surface area contributed by atoms with Gasteiger partial charge in [0.15, 0.2) is 0 Å². The molecule has 0 aromatic carbocycles. The van der Waals surface area contributed by atoms with E-state index in [4.69, 9.17) is 9.76 Å². The van der Waals surface area contributed by atoms with Crippen LogP contribution in [0.2, 0.25) is 0 Å². The molecule has 0 bridgehead atoms. The summed E-state index contributed by atoms with van der Waals surface area (Å²) < 4.78 is 29.9. The highest BCUT2D eigenvalue weighted by atomic mass is 32.2. The lowest BCUT2D eigenvalue weighted by Crippen LogP contribution is -1.96. The number of rotatable bonds is 2. The van der Waals surface area contributed by atoms with E-state index in [1.54, 1.807) is 0 Å². The summed E-state index contributed by atoms with van der Waals surface area (Å²) in [5.41, 5.74) is 0.305. The van der Waals surface area contributed by atoms with Crippen LogP contribution in [0.25, 0.3) is 0 Å². The molecule has 0 amide bonds. The average Bonchev–Trinajstić information content (AvgIpc) is 2.50. The summed E-state index contributed by atoms with van der Waals surface area (Å²) in [6.45, 7) is 1.53. The fourth-order valence-electron chi connectivity index (χ4n) is 0.693. The first-order chi connectivity index (χ1) is 5.95. The fraction of sp³-hybridized carbons (Fsp3) is 0.167. The Morgan fingerprint density at radius 3 is 2.62 bits per heavy atom. The van der Waals surface area contributed by atoms with E-state index in [0.29, 0.717) is 10.6 Å². The molecule has 2 N–H and O–H groups in total. The molecule has 1 aromatic heterocycles. The van der Waals surface area contributed by atoms with Gasteiger partial charge >= 0.3 is 0 Å². The molecule has 13 heavy (non-hydrogen) atoms. The lowest BCUT2D eigenvalue weighted by atomic mass is 10.3. The molecule has 0 fully saturated rings. The summed E-state index contributed by atoms with van der Waals surface area (Å²) in [6, 6.07) is 1.25. The van der Waals surface area contributed by atoms with Gasteiger partial charge in [-0.15, -0.1) is 11.3 Å². The van der Waals surface area contributed by atoms with Crippen molar-refractivity contribution in [3.8, 4) is 0 Å². The van der Waals surface area contributed by atoms with Gasteiger partial charge in [-0.1, -0.05) is 5.16 Å². The summed E-state index contributed by atoms with van der Waals surface area (Å²) in [4.78, 5) is 0.311. The second-order valence-electron chi connectivity index (χ2n) is 2.31. The van der Waals surface area contributed by atoms with Crippen molar-refractivity contribution < 1.29 is 18.2 Å². The quantitative estimate of drug-likeness (QED) is 0.340. The molecule has 1 rings (SSSR count). The third kappa shape index (κ3) is 2.27. The lowest BCUT2D eigenvalue weighted by molar-refractivity contribution is 0.319. The molecule has 1 heterocycles. The SMILES string of the molecule is CC(=NO)c1cc(S(=O)(=O)O)cs1. The van der Waals surface area contributed by atoms with Crippen molar-refractivity contribution in [2.24, 2.45) is 5.16 Å². The summed E-state index contributed by atoms with van der Waals surface area (Å²) in [7, 11) is -4.15. The minimum atomic E-state index is -4.15. The fourth-order valence-corrected chi connectivity index (χ4v) is 2.38. The van der Waals surface area contributed by atoms with Crippen molar-refractivity contribution in [1.29, 1.82) is 0 Å². The van der Waals surface area contributed by atoms with E-state index in [-0.39, 0.29) is 4.90 Å². The summed E-state index contributed by atoms with van der Waals surface area (Å²) in [6.07, 6.45) is 0. The van der Waals surface area contributed by atoms with Gasteiger partial charge < -0.3 is 5.21 Å². The smallest absolute Gasteiger partial charge is 0.295 e. The number of hydrogen-bond acceptors (Lipinski definition) is 5. The Balaban J connectivity index is 3.15. The van der Waals surface area contributed by atoms with Crippen LogP contribution in [0.15, 0.2) is 21.5 Å². The van der Waals surface area contributed by atoms with E-state index in [2.05, 4.69) is 5.16 Å². The van der Waals surface area contributed by atoms with Crippen LogP contribution >= 0.6 is 11.3 Å². The number of oxime groups is 1. The molecule has 0 spiro atoms. The van der Waals surface area contributed by atoms with Crippen molar-refractivity contribution in [2.75, 3.05) is 0 Å². The Morgan fingerprint density at radius 1 is 1.62 bits per heavy atom. The average molecular weight is 221 g/mol. The topological polar surface area (TPSA) is 87.0 Å². The Labute approximate surface area is 79.1 Å². The van der Waals surface area contributed by atoms with E-state index in [1.165, 1.54) is 18.4 Å². The van der Waals surface area contributed by atoms with Crippen LogP contribution in [-0.2, 0) is 10.1 Å². The molecule has 0 aliphatic carbocycles. The van der Waals surface area contributed by atoms with Gasteiger partial charge in [0.2, 0.25) is 0 Å². The normalized spacial score (nSPS) is 13.2. The van der Waals surface area contributed by atoms with Crippen LogP contribution in [0.1, 0.15) is 11.8 Å². The minimum absolute atomic E-state index is 0.185. The molecule has 0 aliphatic rings. The Bertz CT molecular complexity index is 431. The minimum Gasteiger partial charge on any atom is -0.411 e.